The molecule has 0 saturated carbocycles. The van der Waals surface area contributed by atoms with Gasteiger partial charge in [-0.2, -0.15) is 0 Å². The maximum atomic E-state index is 13.1. The molecule has 12 nitrogen and oxygen atoms in total. The molecule has 1 fully saturated rings. The van der Waals surface area contributed by atoms with Crippen LogP contribution in [-0.2, 0) is 25.8 Å². The predicted molar refractivity (Wildman–Crippen MR) is 136 cm³/mol. The molecule has 2 atom stereocenters. The van der Waals surface area contributed by atoms with Gasteiger partial charge in [0.15, 0.2) is 10.8 Å². The molecular formula is C23H22N7O5S2+. The number of carbonyl (C=O) groups excluding carboxylic acids is 2. The number of hydrogen-bond donors (Lipinski definition) is 3. The number of fused-ring (bicyclic) bond motifs is 2. The second kappa shape index (κ2) is 10.1. The summed E-state index contributed by atoms with van der Waals surface area (Å²) >= 11 is 2.52. The van der Waals surface area contributed by atoms with Crippen molar-refractivity contribution < 1.29 is 28.9 Å². The number of nitrogens with zero attached hydrogens (tertiary/aromatic N) is 5. The number of pyridine rings is 1. The van der Waals surface area contributed by atoms with Gasteiger partial charge >= 0.3 is 5.97 Å². The third-order valence-electron chi connectivity index (χ3n) is 5.79. The van der Waals surface area contributed by atoms with Crippen LogP contribution in [0.5, 0.6) is 0 Å². The topological polar surface area (TPSA) is 156 Å². The van der Waals surface area contributed by atoms with Crippen LogP contribution < -0.4 is 15.6 Å². The summed E-state index contributed by atoms with van der Waals surface area (Å²) in [7, 11) is 0. The summed E-state index contributed by atoms with van der Waals surface area (Å²) in [5.41, 5.74) is 7.18. The van der Waals surface area contributed by atoms with Crippen LogP contribution in [0.3, 0.4) is 0 Å². The Labute approximate surface area is 218 Å². The van der Waals surface area contributed by atoms with E-state index in [-0.39, 0.29) is 28.8 Å². The number of imidazole rings is 1. The number of hydrogen-bond acceptors (Lipinski definition) is 9. The number of nitrogens with one attached hydrogen (secondary N) is 1. The first kappa shape index (κ1) is 24.5. The molecule has 1 saturated heterocycles. The molecule has 0 radical (unpaired) electrons. The van der Waals surface area contributed by atoms with Gasteiger partial charge in [0.2, 0.25) is 0 Å². The van der Waals surface area contributed by atoms with E-state index in [9.17, 15) is 19.5 Å². The predicted octanol–water partition coefficient (Wildman–Crippen LogP) is 0.611. The second-order valence-electron chi connectivity index (χ2n) is 8.11. The standard InChI is InChI=1S/C23H21N7O5S2/c1-2-9-35-27-16(14-12-37-23(24)25-14)19(31)26-17-20(32)30-18(22(33)34)13(11-36-21(17)30)10-29-8-7-28-6-4-3-5-15(28)29/h2-8,12,17,21H,1,9-11H2,(H3-,24,25,26,31,33,34)/p+1/b27-16-/t17-,21+/m1/s1. The zero-order chi connectivity index (χ0) is 26.1. The van der Waals surface area contributed by atoms with Crippen LogP contribution in [-0.4, -0.2) is 66.7 Å². The number of carboxylic acid groups (broad SMARTS) is 1. The third kappa shape index (κ3) is 4.56. The fraction of sp³-hybridized carbons (Fsp3) is 0.217. The maximum Gasteiger partial charge on any atom is 0.352 e. The highest BCUT2D eigenvalue weighted by Gasteiger charge is 2.54. The van der Waals surface area contributed by atoms with Crippen molar-refractivity contribution in [3.8, 4) is 0 Å². The molecule has 2 amide bonds. The monoisotopic (exact) mass is 540 g/mol. The number of amides is 2. The largest absolute Gasteiger partial charge is 0.477 e. The number of thioether (sulfide) groups is 1. The van der Waals surface area contributed by atoms with Crippen LogP contribution in [0, 0.1) is 0 Å². The molecule has 0 unspecified atom stereocenters. The first-order valence-corrected chi connectivity index (χ1v) is 13.0. The normalized spacial score (nSPS) is 19.4. The highest BCUT2D eigenvalue weighted by molar-refractivity contribution is 8.00. The first-order chi connectivity index (χ1) is 17.9. The van der Waals surface area contributed by atoms with Crippen molar-refractivity contribution in [3.05, 3.63) is 71.8 Å². The Balaban J connectivity index is 1.36. The van der Waals surface area contributed by atoms with Crippen LogP contribution >= 0.6 is 23.1 Å². The Bertz CT molecular complexity index is 1480. The molecule has 14 heteroatoms. The van der Waals surface area contributed by atoms with Gasteiger partial charge in [-0.25, -0.2) is 18.7 Å². The van der Waals surface area contributed by atoms with Crippen molar-refractivity contribution in [2.24, 2.45) is 5.16 Å². The van der Waals surface area contributed by atoms with Crippen molar-refractivity contribution in [1.82, 2.24) is 19.6 Å². The van der Waals surface area contributed by atoms with Crippen molar-refractivity contribution >= 4 is 57.4 Å². The lowest BCUT2D eigenvalue weighted by Crippen LogP contribution is -2.71. The van der Waals surface area contributed by atoms with E-state index in [1.807, 2.05) is 45.8 Å². The number of rotatable bonds is 9. The van der Waals surface area contributed by atoms with Crippen LogP contribution in [0.1, 0.15) is 5.69 Å². The maximum absolute atomic E-state index is 13.1. The Morgan fingerprint density at radius 1 is 1.41 bits per heavy atom. The van der Waals surface area contributed by atoms with Crippen LogP contribution in [0.15, 0.2) is 71.3 Å². The summed E-state index contributed by atoms with van der Waals surface area (Å²) in [5, 5.41) is 17.7. The van der Waals surface area contributed by atoms with Crippen LogP contribution in [0.2, 0.25) is 0 Å². The van der Waals surface area contributed by atoms with E-state index in [0.29, 0.717) is 17.9 Å². The smallest absolute Gasteiger partial charge is 0.352 e. The number of aromatic nitrogens is 3. The molecule has 0 spiro atoms. The summed E-state index contributed by atoms with van der Waals surface area (Å²) in [6.07, 6.45) is 7.10. The molecule has 0 aromatic carbocycles. The molecule has 2 aliphatic rings. The molecule has 0 bridgehead atoms. The number of carboxylic acids is 1. The summed E-state index contributed by atoms with van der Waals surface area (Å²) in [4.78, 5) is 48.8. The first-order valence-electron chi connectivity index (χ1n) is 11.1. The molecule has 3 aromatic rings. The number of thiazole rings is 1. The summed E-state index contributed by atoms with van der Waals surface area (Å²) in [5.74, 6) is -2.02. The molecule has 3 aromatic heterocycles. The highest BCUT2D eigenvalue weighted by atomic mass is 32.2. The Morgan fingerprint density at radius 2 is 2.24 bits per heavy atom. The van der Waals surface area contributed by atoms with Gasteiger partial charge in [0.05, 0.1) is 6.20 Å². The zero-order valence-corrected chi connectivity index (χ0v) is 20.9. The van der Waals surface area contributed by atoms with Crippen molar-refractivity contribution in [1.29, 1.82) is 0 Å². The third-order valence-corrected chi connectivity index (χ3v) is 7.81. The Hall–Kier alpha value is -4.17. The highest BCUT2D eigenvalue weighted by Crippen LogP contribution is 2.40. The molecule has 5 heterocycles. The average molecular weight is 541 g/mol. The molecule has 0 aliphatic carbocycles. The van der Waals surface area contributed by atoms with Gasteiger partial charge in [-0.1, -0.05) is 23.9 Å². The van der Waals surface area contributed by atoms with Gasteiger partial charge in [0.1, 0.15) is 48.4 Å². The lowest BCUT2D eigenvalue weighted by Gasteiger charge is -2.49. The fourth-order valence-electron chi connectivity index (χ4n) is 4.15. The van der Waals surface area contributed by atoms with E-state index < -0.39 is 29.2 Å². The van der Waals surface area contributed by atoms with Gasteiger partial charge in [0.25, 0.3) is 17.5 Å². The number of carbonyl (C=O) groups is 3. The van der Waals surface area contributed by atoms with Crippen LogP contribution in [0.25, 0.3) is 5.65 Å². The fourth-order valence-corrected chi connectivity index (χ4v) is 6.04. The Kier molecular flexibility index (Phi) is 6.67. The number of nitrogens with two attached hydrogens (primary N) is 1. The lowest BCUT2D eigenvalue weighted by molar-refractivity contribution is -0.662. The zero-order valence-electron chi connectivity index (χ0n) is 19.3. The van der Waals surface area contributed by atoms with Gasteiger partial charge in [0, 0.05) is 22.8 Å². The Morgan fingerprint density at radius 3 is 2.97 bits per heavy atom. The minimum Gasteiger partial charge on any atom is -0.477 e. The van der Waals surface area contributed by atoms with E-state index in [2.05, 4.69) is 22.0 Å². The van der Waals surface area contributed by atoms with E-state index in [1.165, 1.54) is 22.7 Å². The number of anilines is 1. The lowest BCUT2D eigenvalue weighted by atomic mass is 10.0. The van der Waals surface area contributed by atoms with Gasteiger partial charge < -0.3 is 21.0 Å². The van der Waals surface area contributed by atoms with Crippen molar-refractivity contribution in [3.63, 3.8) is 0 Å². The van der Waals surface area contributed by atoms with E-state index in [4.69, 9.17) is 10.6 Å². The van der Waals surface area contributed by atoms with E-state index in [0.717, 1.165) is 17.0 Å². The quantitative estimate of drug-likeness (QED) is 0.0891. The average Bonchev–Trinajstić information content (AvgIpc) is 3.50. The van der Waals surface area contributed by atoms with Gasteiger partial charge in [-0.15, -0.1) is 23.1 Å². The minimum absolute atomic E-state index is 0.0579. The van der Waals surface area contributed by atoms with E-state index in [1.54, 1.807) is 5.38 Å². The molecule has 4 N–H and O–H groups in total. The number of aliphatic carboxylic acids is 1. The molecule has 37 heavy (non-hydrogen) atoms. The second-order valence-corrected chi connectivity index (χ2v) is 10.1. The summed E-state index contributed by atoms with van der Waals surface area (Å²) in [6, 6.07) is 4.79. The number of nitrogen functional groups attached to an aromatic ring is 1. The molecule has 2 aliphatic heterocycles. The molecule has 190 valence electrons. The summed E-state index contributed by atoms with van der Waals surface area (Å²) in [6.45, 7) is 3.91. The number of oxime groups is 1. The van der Waals surface area contributed by atoms with Crippen LogP contribution in [0.4, 0.5) is 5.13 Å². The number of β-lactam (4-membered cyclic amide) rings is 1. The molecular weight excluding hydrogens is 518 g/mol. The SMILES string of the molecule is C=CCO/N=C(\C(=O)N[C@@H]1C(=O)N2C(C(=O)O)=C(C[n+]3ccn4ccccc43)CS[C@@H]12)c1csc(N)n1. The van der Waals surface area contributed by atoms with Gasteiger partial charge in [-0.05, 0) is 6.07 Å². The van der Waals surface area contributed by atoms with Gasteiger partial charge in [-0.3, -0.25) is 14.5 Å². The summed E-state index contributed by atoms with van der Waals surface area (Å²) < 4.78 is 3.85. The minimum atomic E-state index is -1.19. The van der Waals surface area contributed by atoms with Crippen molar-refractivity contribution in [2.45, 2.75) is 18.0 Å². The van der Waals surface area contributed by atoms with E-state index >= 15 is 0 Å². The van der Waals surface area contributed by atoms with Crippen molar-refractivity contribution in [2.75, 3.05) is 18.1 Å². The molecule has 5 rings (SSSR count).